The highest BCUT2D eigenvalue weighted by Crippen LogP contribution is 2.45. The highest BCUT2D eigenvalue weighted by molar-refractivity contribution is 5.87. The van der Waals surface area contributed by atoms with Gasteiger partial charge >= 0.3 is 0 Å². The minimum Gasteiger partial charge on any atom is -0.352 e. The summed E-state index contributed by atoms with van der Waals surface area (Å²) in [6.45, 7) is 2.45. The number of anilines is 1. The zero-order valence-electron chi connectivity index (χ0n) is 15.3. The first-order valence-corrected chi connectivity index (χ1v) is 9.63. The molecule has 0 atom stereocenters. The average molecular weight is 361 g/mol. The highest BCUT2D eigenvalue weighted by Gasteiger charge is 2.53. The van der Waals surface area contributed by atoms with E-state index in [1.54, 1.807) is 6.33 Å². The number of fused-ring (bicyclic) bond motifs is 1. The quantitative estimate of drug-likeness (QED) is 0.776. The van der Waals surface area contributed by atoms with E-state index in [0.29, 0.717) is 6.42 Å². The van der Waals surface area contributed by atoms with Gasteiger partial charge < -0.3 is 14.8 Å². The number of H-pyrrole nitrogens is 1. The van der Waals surface area contributed by atoms with Gasteiger partial charge in [-0.15, -0.1) is 0 Å². The lowest BCUT2D eigenvalue weighted by Gasteiger charge is -2.43. The molecule has 0 unspecified atom stereocenters. The number of hydrogen-bond donors (Lipinski definition) is 1. The smallest absolute Gasteiger partial charge is 0.223 e. The Hall–Kier alpha value is -2.89. The monoisotopic (exact) mass is 361 g/mol. The number of benzene rings is 1. The Morgan fingerprint density at radius 3 is 2.78 bits per heavy atom. The Morgan fingerprint density at radius 2 is 1.96 bits per heavy atom. The number of aromatic amines is 1. The molecule has 1 N–H and O–H groups in total. The largest absolute Gasteiger partial charge is 0.352 e. The van der Waals surface area contributed by atoms with Crippen molar-refractivity contribution in [2.45, 2.75) is 31.2 Å². The summed E-state index contributed by atoms with van der Waals surface area (Å²) in [4.78, 5) is 29.4. The van der Waals surface area contributed by atoms with Crippen molar-refractivity contribution in [2.24, 2.45) is 0 Å². The number of nitrogens with one attached hydrogen (secondary N) is 1. The summed E-state index contributed by atoms with van der Waals surface area (Å²) < 4.78 is 0. The number of amides is 1. The third-order valence-electron chi connectivity index (χ3n) is 5.88. The number of carbonyl (C=O) groups excluding carboxylic acids is 1. The van der Waals surface area contributed by atoms with Crippen LogP contribution in [0.15, 0.2) is 48.9 Å². The molecule has 2 aromatic heterocycles. The van der Waals surface area contributed by atoms with Crippen LogP contribution >= 0.6 is 0 Å². The first-order chi connectivity index (χ1) is 13.3. The summed E-state index contributed by atoms with van der Waals surface area (Å²) in [5.41, 5.74) is 2.09. The van der Waals surface area contributed by atoms with E-state index in [-0.39, 0.29) is 11.4 Å². The van der Waals surface area contributed by atoms with Crippen LogP contribution in [0, 0.1) is 0 Å². The molecule has 0 bridgehead atoms. The van der Waals surface area contributed by atoms with E-state index >= 15 is 0 Å². The van der Waals surface area contributed by atoms with Gasteiger partial charge in [0.15, 0.2) is 0 Å². The highest BCUT2D eigenvalue weighted by atomic mass is 16.2. The molecule has 3 aromatic rings. The molecule has 1 amide bonds. The van der Waals surface area contributed by atoms with Gasteiger partial charge in [-0.3, -0.25) is 4.79 Å². The van der Waals surface area contributed by atoms with Crippen molar-refractivity contribution in [2.75, 3.05) is 24.5 Å². The van der Waals surface area contributed by atoms with Gasteiger partial charge in [0.25, 0.3) is 0 Å². The molecule has 1 saturated carbocycles. The molecule has 6 nitrogen and oxygen atoms in total. The molecule has 1 aliphatic heterocycles. The summed E-state index contributed by atoms with van der Waals surface area (Å²) in [5.74, 6) is 1.26. The van der Waals surface area contributed by atoms with Crippen LogP contribution in [-0.4, -0.2) is 50.9 Å². The number of carbonyl (C=O) groups is 1. The number of aryl methyl sites for hydroxylation is 1. The third-order valence-corrected chi connectivity index (χ3v) is 5.88. The molecule has 1 aromatic carbocycles. The normalized spacial score (nSPS) is 18.2. The van der Waals surface area contributed by atoms with Gasteiger partial charge in [0.05, 0.1) is 10.9 Å². The fourth-order valence-corrected chi connectivity index (χ4v) is 4.26. The van der Waals surface area contributed by atoms with Crippen molar-refractivity contribution in [1.82, 2.24) is 19.9 Å². The predicted octanol–water partition coefficient (Wildman–Crippen LogP) is 2.77. The van der Waals surface area contributed by atoms with Gasteiger partial charge in [0, 0.05) is 32.3 Å². The number of hydrogen-bond acceptors (Lipinski definition) is 4. The number of nitrogens with zero attached hydrogens (tertiary/aromatic N) is 4. The zero-order chi connectivity index (χ0) is 18.3. The lowest BCUT2D eigenvalue weighted by Crippen LogP contribution is -2.57. The minimum atomic E-state index is -0.000395. The van der Waals surface area contributed by atoms with Crippen LogP contribution in [0.5, 0.6) is 0 Å². The molecule has 1 saturated heterocycles. The Morgan fingerprint density at radius 1 is 1.11 bits per heavy atom. The lowest BCUT2D eigenvalue weighted by atomic mass is 10.1. The van der Waals surface area contributed by atoms with Crippen molar-refractivity contribution in [3.8, 4) is 0 Å². The van der Waals surface area contributed by atoms with E-state index in [0.717, 1.165) is 55.7 Å². The SMILES string of the molecule is O=C(CCc1ccccc1)N1CCN(c2ncnc3[nH]ccc23)CC12CC2. The van der Waals surface area contributed by atoms with Crippen LogP contribution in [0.25, 0.3) is 11.0 Å². The number of piperazine rings is 1. The summed E-state index contributed by atoms with van der Waals surface area (Å²) in [6, 6.07) is 12.3. The molecule has 6 heteroatoms. The van der Waals surface area contributed by atoms with E-state index in [1.807, 2.05) is 30.5 Å². The van der Waals surface area contributed by atoms with Crippen LogP contribution in [0.2, 0.25) is 0 Å². The van der Waals surface area contributed by atoms with Crippen molar-refractivity contribution < 1.29 is 4.79 Å². The van der Waals surface area contributed by atoms with Gasteiger partial charge in [-0.05, 0) is 30.9 Å². The van der Waals surface area contributed by atoms with Crippen molar-refractivity contribution >= 4 is 22.8 Å². The second-order valence-corrected chi connectivity index (χ2v) is 7.61. The molecule has 138 valence electrons. The maximum atomic E-state index is 12.9. The van der Waals surface area contributed by atoms with Crippen LogP contribution in [0.1, 0.15) is 24.8 Å². The van der Waals surface area contributed by atoms with E-state index in [2.05, 4.69) is 36.9 Å². The van der Waals surface area contributed by atoms with Crippen LogP contribution in [-0.2, 0) is 11.2 Å². The summed E-state index contributed by atoms with van der Waals surface area (Å²) in [7, 11) is 0. The zero-order valence-corrected chi connectivity index (χ0v) is 15.3. The fraction of sp³-hybridized carbons (Fsp3) is 0.381. The molecule has 2 aliphatic rings. The third kappa shape index (κ3) is 2.95. The standard InChI is InChI=1S/C21H23N5O/c27-18(7-6-16-4-2-1-3-5-16)26-13-12-25(14-21(26)9-10-21)20-17-8-11-22-19(17)23-15-24-20/h1-5,8,11,15H,6-7,9-10,12-14H2,(H,22,23,24). The Kier molecular flexibility index (Phi) is 3.85. The lowest BCUT2D eigenvalue weighted by molar-refractivity contribution is -0.134. The second kappa shape index (κ2) is 6.37. The molecule has 0 radical (unpaired) electrons. The van der Waals surface area contributed by atoms with Crippen molar-refractivity contribution in [1.29, 1.82) is 0 Å². The molecular formula is C21H23N5O. The summed E-state index contributed by atoms with van der Waals surface area (Å²) in [5, 5.41) is 1.05. The molecule has 1 aliphatic carbocycles. The van der Waals surface area contributed by atoms with E-state index in [1.165, 1.54) is 5.56 Å². The van der Waals surface area contributed by atoms with Gasteiger partial charge in [0.1, 0.15) is 17.8 Å². The maximum Gasteiger partial charge on any atom is 0.223 e. The molecule has 2 fully saturated rings. The number of aromatic nitrogens is 3. The molecule has 27 heavy (non-hydrogen) atoms. The maximum absolute atomic E-state index is 12.9. The minimum absolute atomic E-state index is 0.000395. The van der Waals surface area contributed by atoms with E-state index in [4.69, 9.17) is 0 Å². The molecule has 5 rings (SSSR count). The van der Waals surface area contributed by atoms with Crippen molar-refractivity contribution in [3.63, 3.8) is 0 Å². The first kappa shape index (κ1) is 16.3. The van der Waals surface area contributed by atoms with Gasteiger partial charge in [-0.1, -0.05) is 30.3 Å². The van der Waals surface area contributed by atoms with E-state index < -0.39 is 0 Å². The van der Waals surface area contributed by atoms with Gasteiger partial charge in [-0.25, -0.2) is 9.97 Å². The number of rotatable bonds is 4. The topological polar surface area (TPSA) is 65.1 Å². The van der Waals surface area contributed by atoms with Crippen LogP contribution in [0.3, 0.4) is 0 Å². The summed E-state index contributed by atoms with van der Waals surface area (Å²) in [6.07, 6.45) is 7.08. The molecular weight excluding hydrogens is 338 g/mol. The molecule has 1 spiro atoms. The first-order valence-electron chi connectivity index (χ1n) is 9.63. The van der Waals surface area contributed by atoms with Crippen molar-refractivity contribution in [3.05, 3.63) is 54.5 Å². The second-order valence-electron chi connectivity index (χ2n) is 7.61. The van der Waals surface area contributed by atoms with E-state index in [9.17, 15) is 4.79 Å². The Labute approximate surface area is 158 Å². The average Bonchev–Trinajstić information content (AvgIpc) is 3.28. The Balaban J connectivity index is 1.30. The summed E-state index contributed by atoms with van der Waals surface area (Å²) >= 11 is 0. The molecule has 3 heterocycles. The van der Waals surface area contributed by atoms with Gasteiger partial charge in [-0.2, -0.15) is 0 Å². The Bertz CT molecular complexity index is 963. The van der Waals surface area contributed by atoms with Crippen LogP contribution < -0.4 is 4.90 Å². The van der Waals surface area contributed by atoms with Crippen LogP contribution in [0.4, 0.5) is 5.82 Å². The fourth-order valence-electron chi connectivity index (χ4n) is 4.26. The predicted molar refractivity (Wildman–Crippen MR) is 105 cm³/mol. The van der Waals surface area contributed by atoms with Gasteiger partial charge in [0.2, 0.25) is 5.91 Å².